The van der Waals surface area contributed by atoms with E-state index in [2.05, 4.69) is 15.3 Å². The number of fused-ring (bicyclic) bond motifs is 1. The average molecular weight is 324 g/mol. The van der Waals surface area contributed by atoms with Crippen molar-refractivity contribution >= 4 is 28.4 Å². The van der Waals surface area contributed by atoms with E-state index < -0.39 is 12.0 Å². The van der Waals surface area contributed by atoms with Gasteiger partial charge in [0.1, 0.15) is 11.4 Å². The Bertz CT molecular complexity index is 903. The molecule has 7 heteroatoms. The van der Waals surface area contributed by atoms with Crippen molar-refractivity contribution < 1.29 is 14.3 Å². The molecule has 0 aliphatic carbocycles. The minimum Gasteiger partial charge on any atom is -0.479 e. The number of carbonyl (C=O) groups excluding carboxylic acids is 2. The predicted molar refractivity (Wildman–Crippen MR) is 89.8 cm³/mol. The van der Waals surface area contributed by atoms with E-state index in [0.29, 0.717) is 11.4 Å². The standard InChI is InChI=1S/C17H16N4O3/c1-10(17(23)21-12-7-15(16(18)22)19-8-12)24-13-6-11-4-2-3-5-14(11)20-9-13/h2-10,19H,1H3,(H2,18,22)(H,21,23)/t10-/m0/s1. The maximum atomic E-state index is 12.2. The Hall–Kier alpha value is -3.35. The number of primary amides is 1. The summed E-state index contributed by atoms with van der Waals surface area (Å²) in [5.74, 6) is -0.441. The smallest absolute Gasteiger partial charge is 0.265 e. The Morgan fingerprint density at radius 1 is 1.29 bits per heavy atom. The second-order valence-electron chi connectivity index (χ2n) is 5.28. The van der Waals surface area contributed by atoms with Gasteiger partial charge in [0, 0.05) is 11.6 Å². The largest absolute Gasteiger partial charge is 0.479 e. The molecule has 4 N–H and O–H groups in total. The maximum Gasteiger partial charge on any atom is 0.265 e. The minimum absolute atomic E-state index is 0.220. The second-order valence-corrected chi connectivity index (χ2v) is 5.28. The van der Waals surface area contributed by atoms with E-state index in [0.717, 1.165) is 10.9 Å². The van der Waals surface area contributed by atoms with Crippen LogP contribution in [0.5, 0.6) is 5.75 Å². The van der Waals surface area contributed by atoms with E-state index in [1.165, 1.54) is 12.3 Å². The number of hydrogen-bond acceptors (Lipinski definition) is 4. The van der Waals surface area contributed by atoms with Gasteiger partial charge in [-0.1, -0.05) is 18.2 Å². The van der Waals surface area contributed by atoms with Gasteiger partial charge in [-0.05, 0) is 25.1 Å². The zero-order valence-corrected chi connectivity index (χ0v) is 12.9. The molecule has 1 atom stereocenters. The molecule has 122 valence electrons. The van der Waals surface area contributed by atoms with Gasteiger partial charge in [-0.3, -0.25) is 14.6 Å². The Balaban J connectivity index is 1.67. The van der Waals surface area contributed by atoms with Crippen molar-refractivity contribution in [3.63, 3.8) is 0 Å². The molecule has 0 spiro atoms. The number of carbonyl (C=O) groups is 2. The summed E-state index contributed by atoms with van der Waals surface area (Å²) in [5, 5.41) is 3.58. The summed E-state index contributed by atoms with van der Waals surface area (Å²) in [5.41, 5.74) is 6.67. The molecule has 0 aliphatic heterocycles. The fourth-order valence-corrected chi connectivity index (χ4v) is 2.23. The number of pyridine rings is 1. The third-order valence-corrected chi connectivity index (χ3v) is 3.46. The van der Waals surface area contributed by atoms with Crippen LogP contribution >= 0.6 is 0 Å². The SMILES string of the molecule is C[C@H](Oc1cnc2ccccc2c1)C(=O)Nc1c[nH]c(C(N)=O)c1. The van der Waals surface area contributed by atoms with Crippen molar-refractivity contribution in [2.24, 2.45) is 5.73 Å². The quantitative estimate of drug-likeness (QED) is 0.667. The number of rotatable bonds is 5. The first-order valence-corrected chi connectivity index (χ1v) is 7.33. The van der Waals surface area contributed by atoms with Crippen molar-refractivity contribution in [3.8, 4) is 5.75 Å². The highest BCUT2D eigenvalue weighted by atomic mass is 16.5. The molecule has 2 aromatic heterocycles. The molecule has 3 aromatic rings. The highest BCUT2D eigenvalue weighted by Gasteiger charge is 2.16. The summed E-state index contributed by atoms with van der Waals surface area (Å²) >= 11 is 0. The van der Waals surface area contributed by atoms with E-state index in [1.54, 1.807) is 13.1 Å². The average Bonchev–Trinajstić information content (AvgIpc) is 3.03. The first kappa shape index (κ1) is 15.5. The highest BCUT2D eigenvalue weighted by Crippen LogP contribution is 2.19. The zero-order valence-electron chi connectivity index (χ0n) is 12.9. The molecule has 2 heterocycles. The van der Waals surface area contributed by atoms with Crippen molar-refractivity contribution in [1.82, 2.24) is 9.97 Å². The first-order chi connectivity index (χ1) is 11.5. The van der Waals surface area contributed by atoms with Crippen molar-refractivity contribution in [1.29, 1.82) is 0 Å². The number of hydrogen-bond donors (Lipinski definition) is 3. The normalized spacial score (nSPS) is 11.9. The van der Waals surface area contributed by atoms with Crippen LogP contribution in [-0.2, 0) is 4.79 Å². The molecule has 2 amide bonds. The van der Waals surface area contributed by atoms with Crippen LogP contribution in [0.15, 0.2) is 48.8 Å². The lowest BCUT2D eigenvalue weighted by atomic mass is 10.2. The van der Waals surface area contributed by atoms with Crippen molar-refractivity contribution in [2.45, 2.75) is 13.0 Å². The maximum absolute atomic E-state index is 12.2. The number of nitrogens with zero attached hydrogens (tertiary/aromatic N) is 1. The van der Waals surface area contributed by atoms with Crippen LogP contribution in [0, 0.1) is 0 Å². The topological polar surface area (TPSA) is 110 Å². The number of aromatic amines is 1. The van der Waals surface area contributed by atoms with E-state index in [1.807, 2.05) is 30.3 Å². The van der Waals surface area contributed by atoms with E-state index in [-0.39, 0.29) is 11.6 Å². The van der Waals surface area contributed by atoms with Crippen molar-refractivity contribution in [3.05, 3.63) is 54.5 Å². The summed E-state index contributed by atoms with van der Waals surface area (Å²) in [6.45, 7) is 1.63. The van der Waals surface area contributed by atoms with Gasteiger partial charge >= 0.3 is 0 Å². The van der Waals surface area contributed by atoms with Crippen LogP contribution in [0.3, 0.4) is 0 Å². The summed E-state index contributed by atoms with van der Waals surface area (Å²) in [6, 6.07) is 10.9. The number of ether oxygens (including phenoxy) is 1. The molecule has 1 aromatic carbocycles. The minimum atomic E-state index is -0.736. The van der Waals surface area contributed by atoms with Gasteiger partial charge in [0.15, 0.2) is 6.10 Å². The summed E-state index contributed by atoms with van der Waals surface area (Å²) in [4.78, 5) is 30.2. The molecule has 0 unspecified atom stereocenters. The van der Waals surface area contributed by atoms with Gasteiger partial charge in [-0.25, -0.2) is 0 Å². The molecular weight excluding hydrogens is 308 g/mol. The monoisotopic (exact) mass is 324 g/mol. The number of nitrogens with one attached hydrogen (secondary N) is 2. The Morgan fingerprint density at radius 2 is 2.08 bits per heavy atom. The molecule has 3 rings (SSSR count). The van der Waals surface area contributed by atoms with Gasteiger partial charge in [-0.2, -0.15) is 0 Å². The number of amides is 2. The molecule has 24 heavy (non-hydrogen) atoms. The summed E-state index contributed by atoms with van der Waals surface area (Å²) < 4.78 is 5.63. The van der Waals surface area contributed by atoms with Crippen LogP contribution in [-0.4, -0.2) is 27.9 Å². The molecule has 0 bridgehead atoms. The van der Waals surface area contributed by atoms with Gasteiger partial charge in [0.2, 0.25) is 0 Å². The van der Waals surface area contributed by atoms with E-state index >= 15 is 0 Å². The van der Waals surface area contributed by atoms with Crippen LogP contribution < -0.4 is 15.8 Å². The number of para-hydroxylation sites is 1. The van der Waals surface area contributed by atoms with Crippen LogP contribution in [0.2, 0.25) is 0 Å². The van der Waals surface area contributed by atoms with Gasteiger partial charge in [-0.15, -0.1) is 0 Å². The van der Waals surface area contributed by atoms with E-state index in [4.69, 9.17) is 10.5 Å². The molecule has 0 fully saturated rings. The molecule has 0 radical (unpaired) electrons. The molecule has 0 aliphatic rings. The molecule has 7 nitrogen and oxygen atoms in total. The molecular formula is C17H16N4O3. The van der Waals surface area contributed by atoms with Crippen LogP contribution in [0.1, 0.15) is 17.4 Å². The number of anilines is 1. The first-order valence-electron chi connectivity index (χ1n) is 7.33. The highest BCUT2D eigenvalue weighted by molar-refractivity contribution is 5.97. The third-order valence-electron chi connectivity index (χ3n) is 3.46. The van der Waals surface area contributed by atoms with Crippen molar-refractivity contribution in [2.75, 3.05) is 5.32 Å². The Morgan fingerprint density at radius 3 is 2.83 bits per heavy atom. The number of benzene rings is 1. The van der Waals surface area contributed by atoms with E-state index in [9.17, 15) is 9.59 Å². The molecule has 0 saturated carbocycles. The molecule has 0 saturated heterocycles. The third kappa shape index (κ3) is 3.35. The predicted octanol–water partition coefficient (Wildman–Crippen LogP) is 2.07. The Labute approximate surface area is 137 Å². The van der Waals surface area contributed by atoms with Crippen LogP contribution in [0.4, 0.5) is 5.69 Å². The number of aromatic nitrogens is 2. The lowest BCUT2D eigenvalue weighted by molar-refractivity contribution is -0.122. The van der Waals surface area contributed by atoms with Crippen LogP contribution in [0.25, 0.3) is 10.9 Å². The Kier molecular flexibility index (Phi) is 4.15. The van der Waals surface area contributed by atoms with Gasteiger partial charge < -0.3 is 20.8 Å². The van der Waals surface area contributed by atoms with Gasteiger partial charge in [0.25, 0.3) is 11.8 Å². The lowest BCUT2D eigenvalue weighted by Gasteiger charge is -2.14. The lowest BCUT2D eigenvalue weighted by Crippen LogP contribution is -2.30. The fraction of sp³-hybridized carbons (Fsp3) is 0.118. The number of H-pyrrole nitrogens is 1. The number of nitrogens with two attached hydrogens (primary N) is 1. The fourth-order valence-electron chi connectivity index (χ4n) is 2.23. The summed E-state index contributed by atoms with van der Waals surface area (Å²) in [7, 11) is 0. The van der Waals surface area contributed by atoms with Gasteiger partial charge in [0.05, 0.1) is 17.4 Å². The zero-order chi connectivity index (χ0) is 17.1. The second kappa shape index (κ2) is 6.41. The summed E-state index contributed by atoms with van der Waals surface area (Å²) in [6.07, 6.45) is 2.33.